The van der Waals surface area contributed by atoms with Gasteiger partial charge in [-0.1, -0.05) is 24.6 Å². The molecular weight excluding hydrogens is 332 g/mol. The summed E-state index contributed by atoms with van der Waals surface area (Å²) in [4.78, 5) is 40.8. The number of piperidine rings is 2. The molecule has 3 saturated heterocycles. The largest absolute Gasteiger partial charge is 0.352 e. The van der Waals surface area contributed by atoms with E-state index in [2.05, 4.69) is 10.6 Å². The first kappa shape index (κ1) is 17.0. The lowest BCUT2D eigenvalue weighted by atomic mass is 9.96. The van der Waals surface area contributed by atoms with Crippen molar-refractivity contribution in [2.45, 2.75) is 50.2 Å². The molecule has 26 heavy (non-hydrogen) atoms. The van der Waals surface area contributed by atoms with Crippen molar-refractivity contribution in [1.82, 2.24) is 15.5 Å². The lowest BCUT2D eigenvalue weighted by Crippen LogP contribution is -2.54. The molecule has 0 bridgehead atoms. The number of hydrogen-bond donors (Lipinski definition) is 2. The summed E-state index contributed by atoms with van der Waals surface area (Å²) < 4.78 is 0. The molecule has 3 atom stereocenters. The maximum absolute atomic E-state index is 12.8. The highest BCUT2D eigenvalue weighted by atomic mass is 16.2. The minimum Gasteiger partial charge on any atom is -0.352 e. The summed E-state index contributed by atoms with van der Waals surface area (Å²) >= 11 is 0. The quantitative estimate of drug-likeness (QED) is 0.799. The van der Waals surface area contributed by atoms with Crippen LogP contribution in [0, 0.1) is 0 Å². The zero-order chi connectivity index (χ0) is 18.1. The van der Waals surface area contributed by atoms with E-state index < -0.39 is 6.04 Å². The van der Waals surface area contributed by atoms with Crippen LogP contribution in [0.2, 0.25) is 0 Å². The summed E-state index contributed by atoms with van der Waals surface area (Å²) in [7, 11) is 0. The van der Waals surface area contributed by atoms with E-state index in [1.54, 1.807) is 17.0 Å². The number of anilines is 1. The fourth-order valence-electron chi connectivity index (χ4n) is 4.12. The van der Waals surface area contributed by atoms with Crippen molar-refractivity contribution in [3.05, 3.63) is 30.3 Å². The average molecular weight is 356 g/mol. The Morgan fingerprint density at radius 1 is 1.12 bits per heavy atom. The second kappa shape index (κ2) is 7.07. The third-order valence-electron chi connectivity index (χ3n) is 5.53. The van der Waals surface area contributed by atoms with Gasteiger partial charge in [-0.25, -0.2) is 9.69 Å². The van der Waals surface area contributed by atoms with Crippen LogP contribution in [0.25, 0.3) is 0 Å². The number of urea groups is 1. The van der Waals surface area contributed by atoms with Gasteiger partial charge in [-0.2, -0.15) is 0 Å². The van der Waals surface area contributed by atoms with Crippen LogP contribution in [0.1, 0.15) is 32.1 Å². The third-order valence-corrected chi connectivity index (χ3v) is 5.53. The van der Waals surface area contributed by atoms with Crippen molar-refractivity contribution in [3.63, 3.8) is 0 Å². The molecule has 1 aromatic rings. The Hall–Kier alpha value is -2.41. The highest BCUT2D eigenvalue weighted by molar-refractivity contribution is 6.21. The van der Waals surface area contributed by atoms with Gasteiger partial charge in [0.2, 0.25) is 5.91 Å². The smallest absolute Gasteiger partial charge is 0.332 e. The number of rotatable bonds is 3. The summed E-state index contributed by atoms with van der Waals surface area (Å²) in [5, 5.41) is 6.33. The van der Waals surface area contributed by atoms with Gasteiger partial charge in [0, 0.05) is 12.6 Å². The molecule has 0 aromatic heterocycles. The lowest BCUT2D eigenvalue weighted by molar-refractivity contribution is -0.126. The molecule has 0 spiro atoms. The monoisotopic (exact) mass is 356 g/mol. The van der Waals surface area contributed by atoms with Crippen LogP contribution in [0.3, 0.4) is 0 Å². The molecule has 2 N–H and O–H groups in total. The normalized spacial score (nSPS) is 28.8. The first-order chi connectivity index (χ1) is 12.6. The van der Waals surface area contributed by atoms with E-state index in [1.165, 1.54) is 4.90 Å². The molecule has 7 heteroatoms. The Morgan fingerprint density at radius 2 is 1.92 bits per heavy atom. The first-order valence-corrected chi connectivity index (χ1v) is 9.38. The molecular formula is C19H24N4O3. The molecule has 3 aliphatic rings. The van der Waals surface area contributed by atoms with Crippen molar-refractivity contribution in [3.8, 4) is 0 Å². The van der Waals surface area contributed by atoms with Gasteiger partial charge in [-0.05, 0) is 44.4 Å². The molecule has 3 heterocycles. The van der Waals surface area contributed by atoms with Crippen LogP contribution in [0.15, 0.2) is 30.3 Å². The fraction of sp³-hybridized carbons (Fsp3) is 0.526. The molecule has 0 radical (unpaired) electrons. The molecule has 138 valence electrons. The first-order valence-electron chi connectivity index (χ1n) is 9.38. The van der Waals surface area contributed by atoms with Gasteiger partial charge in [0.15, 0.2) is 0 Å². The Morgan fingerprint density at radius 3 is 2.65 bits per heavy atom. The molecule has 0 saturated carbocycles. The average Bonchev–Trinajstić information content (AvgIpc) is 2.93. The highest BCUT2D eigenvalue weighted by Crippen LogP contribution is 2.30. The number of nitrogens with zero attached hydrogens (tertiary/aromatic N) is 2. The van der Waals surface area contributed by atoms with Crippen molar-refractivity contribution in [1.29, 1.82) is 0 Å². The summed E-state index contributed by atoms with van der Waals surface area (Å²) in [6, 6.07) is 8.06. The van der Waals surface area contributed by atoms with Gasteiger partial charge < -0.3 is 15.5 Å². The van der Waals surface area contributed by atoms with Gasteiger partial charge in [-0.15, -0.1) is 0 Å². The van der Waals surface area contributed by atoms with Gasteiger partial charge in [0.1, 0.15) is 6.04 Å². The second-order valence-corrected chi connectivity index (χ2v) is 7.23. The van der Waals surface area contributed by atoms with Crippen LogP contribution in [-0.4, -0.2) is 54.0 Å². The van der Waals surface area contributed by atoms with Crippen LogP contribution in [0.4, 0.5) is 10.5 Å². The van der Waals surface area contributed by atoms with E-state index in [1.807, 2.05) is 18.2 Å². The standard InChI is InChI=1S/C19H24N4O3/c24-17(15-8-4-5-10-20-15)21-13-9-11-22-16(12-13)18(25)23(19(22)26)14-6-2-1-3-7-14/h1-3,6-7,13,15-16,20H,4-5,8-12H2,(H,21,24). The SMILES string of the molecule is O=C(NC1CCN2C(=O)N(c3ccccc3)C(=O)C2C1)C1CCCCN1. The fourth-order valence-corrected chi connectivity index (χ4v) is 4.12. The van der Waals surface area contributed by atoms with E-state index >= 15 is 0 Å². The minimum absolute atomic E-state index is 0.0137. The Balaban J connectivity index is 1.42. The zero-order valence-electron chi connectivity index (χ0n) is 14.7. The van der Waals surface area contributed by atoms with Gasteiger partial charge in [0.05, 0.1) is 11.7 Å². The molecule has 3 unspecified atom stereocenters. The van der Waals surface area contributed by atoms with Crippen molar-refractivity contribution in [2.24, 2.45) is 0 Å². The summed E-state index contributed by atoms with van der Waals surface area (Å²) in [5.74, 6) is -0.184. The summed E-state index contributed by atoms with van der Waals surface area (Å²) in [6.45, 7) is 1.36. The summed E-state index contributed by atoms with van der Waals surface area (Å²) in [5.41, 5.74) is 0.601. The maximum atomic E-state index is 12.8. The van der Waals surface area contributed by atoms with Crippen LogP contribution in [-0.2, 0) is 9.59 Å². The minimum atomic E-state index is -0.485. The van der Waals surface area contributed by atoms with Crippen molar-refractivity contribution < 1.29 is 14.4 Å². The summed E-state index contributed by atoms with van der Waals surface area (Å²) in [6.07, 6.45) is 4.18. The molecule has 1 aromatic carbocycles. The number of fused-ring (bicyclic) bond motifs is 1. The predicted molar refractivity (Wildman–Crippen MR) is 96.6 cm³/mol. The lowest BCUT2D eigenvalue weighted by Gasteiger charge is -2.34. The number of carbonyl (C=O) groups is 3. The number of hydrogen-bond acceptors (Lipinski definition) is 4. The van der Waals surface area contributed by atoms with Crippen LogP contribution >= 0.6 is 0 Å². The maximum Gasteiger partial charge on any atom is 0.332 e. The Bertz CT molecular complexity index is 702. The second-order valence-electron chi connectivity index (χ2n) is 7.23. The molecule has 4 rings (SSSR count). The Kier molecular flexibility index (Phi) is 4.63. The van der Waals surface area contributed by atoms with E-state index in [9.17, 15) is 14.4 Å². The van der Waals surface area contributed by atoms with Crippen LogP contribution < -0.4 is 15.5 Å². The Labute approximate surface area is 152 Å². The van der Waals surface area contributed by atoms with Gasteiger partial charge in [-0.3, -0.25) is 9.59 Å². The molecule has 7 nitrogen and oxygen atoms in total. The number of amides is 4. The van der Waals surface area contributed by atoms with E-state index in [0.717, 1.165) is 25.8 Å². The van der Waals surface area contributed by atoms with Gasteiger partial charge >= 0.3 is 6.03 Å². The molecule has 3 fully saturated rings. The number of benzene rings is 1. The van der Waals surface area contributed by atoms with E-state index in [0.29, 0.717) is 25.1 Å². The number of nitrogens with one attached hydrogen (secondary N) is 2. The molecule has 4 amide bonds. The molecule has 0 aliphatic carbocycles. The predicted octanol–water partition coefficient (Wildman–Crippen LogP) is 1.24. The van der Waals surface area contributed by atoms with Crippen LogP contribution in [0.5, 0.6) is 0 Å². The molecule has 3 aliphatic heterocycles. The van der Waals surface area contributed by atoms with E-state index in [4.69, 9.17) is 0 Å². The van der Waals surface area contributed by atoms with Crippen molar-refractivity contribution in [2.75, 3.05) is 18.0 Å². The van der Waals surface area contributed by atoms with E-state index in [-0.39, 0.29) is 29.9 Å². The topological polar surface area (TPSA) is 81.8 Å². The highest BCUT2D eigenvalue weighted by Gasteiger charge is 2.48. The zero-order valence-corrected chi connectivity index (χ0v) is 14.7. The van der Waals surface area contributed by atoms with Crippen molar-refractivity contribution >= 4 is 23.5 Å². The number of imide groups is 1. The number of carbonyl (C=O) groups excluding carboxylic acids is 3. The van der Waals surface area contributed by atoms with Gasteiger partial charge in [0.25, 0.3) is 5.91 Å². The number of para-hydroxylation sites is 1. The third kappa shape index (κ3) is 3.07.